The Hall–Kier alpha value is -3.29. The van der Waals surface area contributed by atoms with Gasteiger partial charge in [-0.2, -0.15) is 0 Å². The van der Waals surface area contributed by atoms with Crippen LogP contribution >= 0.6 is 0 Å². The normalized spacial score (nSPS) is 9.86. The van der Waals surface area contributed by atoms with Crippen LogP contribution in [0.25, 0.3) is 0 Å². The van der Waals surface area contributed by atoms with Crippen molar-refractivity contribution in [2.24, 2.45) is 0 Å². The van der Waals surface area contributed by atoms with Gasteiger partial charge in [0.2, 0.25) is 0 Å². The quantitative estimate of drug-likeness (QED) is 0.656. The first-order valence-electron chi connectivity index (χ1n) is 6.25. The fourth-order valence-corrected chi connectivity index (χ4v) is 1.59. The molecule has 0 saturated carbocycles. The topological polar surface area (TPSA) is 114 Å². The van der Waals surface area contributed by atoms with Crippen molar-refractivity contribution in [2.45, 2.75) is 6.92 Å². The predicted octanol–water partition coefficient (Wildman–Crippen LogP) is 1.37. The highest BCUT2D eigenvalue weighted by Gasteiger charge is 2.11. The number of aromatic nitrogens is 1. The summed E-state index contributed by atoms with van der Waals surface area (Å²) in [7, 11) is 0. The zero-order chi connectivity index (χ0) is 16.1. The first-order chi connectivity index (χ1) is 10.5. The van der Waals surface area contributed by atoms with Gasteiger partial charge in [0.05, 0.1) is 10.5 Å². The molecule has 0 spiro atoms. The number of benzene rings is 1. The standard InChI is InChI=1S/C14H12N4O4/c1-9-2-3-11(8-15-9)14(20)17-16-13(19)10-4-6-12(7-5-10)18(21)22/h2-8H,1H3,(H,16,19)(H,17,20). The molecule has 2 amide bonds. The van der Waals surface area contributed by atoms with Crippen molar-refractivity contribution in [2.75, 3.05) is 0 Å². The van der Waals surface area contributed by atoms with Crippen molar-refractivity contribution >= 4 is 17.5 Å². The third-order valence-electron chi connectivity index (χ3n) is 2.80. The maximum absolute atomic E-state index is 11.8. The van der Waals surface area contributed by atoms with E-state index in [2.05, 4.69) is 15.8 Å². The average Bonchev–Trinajstić information content (AvgIpc) is 2.53. The first-order valence-corrected chi connectivity index (χ1v) is 6.25. The largest absolute Gasteiger partial charge is 0.271 e. The highest BCUT2D eigenvalue weighted by Crippen LogP contribution is 2.11. The van der Waals surface area contributed by atoms with Crippen molar-refractivity contribution < 1.29 is 14.5 Å². The number of non-ortho nitro benzene ring substituents is 1. The maximum atomic E-state index is 11.8. The number of pyridine rings is 1. The number of hydrogen-bond donors (Lipinski definition) is 2. The third kappa shape index (κ3) is 3.63. The molecule has 0 aliphatic heterocycles. The Morgan fingerprint density at radius 3 is 2.05 bits per heavy atom. The van der Waals surface area contributed by atoms with Crippen LogP contribution < -0.4 is 10.9 Å². The van der Waals surface area contributed by atoms with Crippen LogP contribution in [-0.2, 0) is 0 Å². The summed E-state index contributed by atoms with van der Waals surface area (Å²) in [5.41, 5.74) is 5.61. The lowest BCUT2D eigenvalue weighted by atomic mass is 10.2. The minimum absolute atomic E-state index is 0.119. The minimum Gasteiger partial charge on any atom is -0.267 e. The highest BCUT2D eigenvalue weighted by molar-refractivity contribution is 5.98. The van der Waals surface area contributed by atoms with Gasteiger partial charge in [0.25, 0.3) is 17.5 Å². The fraction of sp³-hybridized carbons (Fsp3) is 0.0714. The zero-order valence-electron chi connectivity index (χ0n) is 11.6. The number of hydrazine groups is 1. The van der Waals surface area contributed by atoms with Crippen LogP contribution in [0.1, 0.15) is 26.4 Å². The fourth-order valence-electron chi connectivity index (χ4n) is 1.59. The molecule has 1 heterocycles. The van der Waals surface area contributed by atoms with E-state index in [1.165, 1.54) is 30.5 Å². The predicted molar refractivity (Wildman–Crippen MR) is 77.0 cm³/mol. The number of carbonyl (C=O) groups is 2. The molecule has 2 aromatic rings. The molecule has 0 atom stereocenters. The Morgan fingerprint density at radius 1 is 1.00 bits per heavy atom. The molecule has 8 nitrogen and oxygen atoms in total. The summed E-state index contributed by atoms with van der Waals surface area (Å²) in [5, 5.41) is 10.5. The van der Waals surface area contributed by atoms with Crippen LogP contribution in [-0.4, -0.2) is 21.7 Å². The molecule has 0 aliphatic rings. The summed E-state index contributed by atoms with van der Waals surface area (Å²) in [6.07, 6.45) is 1.39. The van der Waals surface area contributed by atoms with Crippen molar-refractivity contribution in [3.05, 3.63) is 69.5 Å². The molecule has 2 N–H and O–H groups in total. The van der Waals surface area contributed by atoms with Crippen LogP contribution in [0.5, 0.6) is 0 Å². The molecular formula is C14H12N4O4. The van der Waals surface area contributed by atoms with Crippen LogP contribution in [0.15, 0.2) is 42.6 Å². The van der Waals surface area contributed by atoms with Crippen molar-refractivity contribution in [3.63, 3.8) is 0 Å². The summed E-state index contributed by atoms with van der Waals surface area (Å²) in [5.74, 6) is -1.09. The van der Waals surface area contributed by atoms with Crippen LogP contribution in [0.4, 0.5) is 5.69 Å². The molecule has 8 heteroatoms. The van der Waals surface area contributed by atoms with Gasteiger partial charge in [-0.05, 0) is 31.2 Å². The molecule has 0 unspecified atom stereocenters. The molecule has 0 fully saturated rings. The molecule has 0 saturated heterocycles. The monoisotopic (exact) mass is 300 g/mol. The van der Waals surface area contributed by atoms with Crippen molar-refractivity contribution in [3.8, 4) is 0 Å². The van der Waals surface area contributed by atoms with Gasteiger partial charge < -0.3 is 0 Å². The average molecular weight is 300 g/mol. The molecule has 2 rings (SSSR count). The van der Waals surface area contributed by atoms with Gasteiger partial charge in [-0.3, -0.25) is 35.5 Å². The van der Waals surface area contributed by atoms with Crippen molar-refractivity contribution in [1.29, 1.82) is 0 Å². The Morgan fingerprint density at radius 2 is 1.55 bits per heavy atom. The molecule has 22 heavy (non-hydrogen) atoms. The molecule has 0 radical (unpaired) electrons. The molecule has 1 aromatic carbocycles. The van der Waals surface area contributed by atoms with E-state index in [0.717, 1.165) is 5.69 Å². The van der Waals surface area contributed by atoms with Crippen molar-refractivity contribution in [1.82, 2.24) is 15.8 Å². The smallest absolute Gasteiger partial charge is 0.267 e. The zero-order valence-corrected chi connectivity index (χ0v) is 11.6. The number of nitro benzene ring substituents is 1. The van der Waals surface area contributed by atoms with E-state index in [1.54, 1.807) is 19.1 Å². The van der Waals surface area contributed by atoms with Crippen LogP contribution in [0.2, 0.25) is 0 Å². The number of rotatable bonds is 3. The second-order valence-corrected chi connectivity index (χ2v) is 4.40. The van der Waals surface area contributed by atoms with Gasteiger partial charge in [0, 0.05) is 29.6 Å². The summed E-state index contributed by atoms with van der Waals surface area (Å²) in [4.78, 5) is 37.5. The lowest BCUT2D eigenvalue weighted by Crippen LogP contribution is -2.41. The van der Waals surface area contributed by atoms with E-state index in [0.29, 0.717) is 5.56 Å². The van der Waals surface area contributed by atoms with Crippen LogP contribution in [0.3, 0.4) is 0 Å². The van der Waals surface area contributed by atoms with Gasteiger partial charge in [-0.1, -0.05) is 0 Å². The Bertz CT molecular complexity index is 711. The molecule has 0 aliphatic carbocycles. The second-order valence-electron chi connectivity index (χ2n) is 4.40. The van der Waals surface area contributed by atoms with Gasteiger partial charge in [-0.15, -0.1) is 0 Å². The highest BCUT2D eigenvalue weighted by atomic mass is 16.6. The number of aryl methyl sites for hydroxylation is 1. The van der Waals surface area contributed by atoms with Crippen LogP contribution in [0, 0.1) is 17.0 Å². The van der Waals surface area contributed by atoms with E-state index >= 15 is 0 Å². The second kappa shape index (κ2) is 6.44. The minimum atomic E-state index is -0.580. The number of hydrogen-bond acceptors (Lipinski definition) is 5. The molecule has 112 valence electrons. The Labute approximate surface area is 125 Å². The van der Waals surface area contributed by atoms with E-state index < -0.39 is 16.7 Å². The number of nitrogens with zero attached hydrogens (tertiary/aromatic N) is 2. The number of nitrogens with one attached hydrogen (secondary N) is 2. The lowest BCUT2D eigenvalue weighted by Gasteiger charge is -2.07. The molecule has 1 aromatic heterocycles. The summed E-state index contributed by atoms with van der Waals surface area (Å²) >= 11 is 0. The number of carbonyl (C=O) groups excluding carboxylic acids is 2. The van der Waals surface area contributed by atoms with Gasteiger partial charge >= 0.3 is 0 Å². The lowest BCUT2D eigenvalue weighted by molar-refractivity contribution is -0.384. The molecular weight excluding hydrogens is 288 g/mol. The molecule has 0 bridgehead atoms. The van der Waals surface area contributed by atoms with Gasteiger partial charge in [-0.25, -0.2) is 0 Å². The third-order valence-corrected chi connectivity index (χ3v) is 2.80. The summed E-state index contributed by atoms with van der Waals surface area (Å²) < 4.78 is 0. The summed E-state index contributed by atoms with van der Waals surface area (Å²) in [6, 6.07) is 8.27. The van der Waals surface area contributed by atoms with E-state index in [9.17, 15) is 19.7 Å². The van der Waals surface area contributed by atoms with E-state index in [-0.39, 0.29) is 11.3 Å². The number of nitro groups is 1. The Kier molecular flexibility index (Phi) is 4.42. The Balaban J connectivity index is 1.96. The summed E-state index contributed by atoms with van der Waals surface area (Å²) in [6.45, 7) is 1.79. The van der Waals surface area contributed by atoms with E-state index in [1.807, 2.05) is 0 Å². The van der Waals surface area contributed by atoms with Gasteiger partial charge in [0.1, 0.15) is 0 Å². The number of amides is 2. The first kappa shape index (κ1) is 15.1. The van der Waals surface area contributed by atoms with Gasteiger partial charge in [0.15, 0.2) is 0 Å². The SMILES string of the molecule is Cc1ccc(C(=O)NNC(=O)c2ccc([N+](=O)[O-])cc2)cn1. The van der Waals surface area contributed by atoms with E-state index in [4.69, 9.17) is 0 Å². The maximum Gasteiger partial charge on any atom is 0.271 e.